The molecule has 0 amide bonds. The van der Waals surface area contributed by atoms with Gasteiger partial charge in [0, 0.05) is 5.56 Å². The molecule has 88 valence electrons. The highest BCUT2D eigenvalue weighted by Gasteiger charge is 2.21. The van der Waals surface area contributed by atoms with Gasteiger partial charge in [-0.3, -0.25) is 0 Å². The largest absolute Gasteiger partial charge is 0.403 e. The first kappa shape index (κ1) is 10.8. The van der Waals surface area contributed by atoms with Crippen molar-refractivity contribution in [2.45, 2.75) is 0 Å². The average Bonchev–Trinajstić information content (AvgIpc) is 2.83. The molecule has 2 heteroatoms. The molecule has 2 aromatic carbocycles. The first-order valence-corrected chi connectivity index (χ1v) is 5.94. The maximum absolute atomic E-state index is 5.70. The second-order valence-electron chi connectivity index (χ2n) is 4.24. The lowest BCUT2D eigenvalue weighted by molar-refractivity contribution is -0.663. The SMILES string of the molecule is C[n+]1coc(-c2ccccc2)c1-c1ccccc1. The fourth-order valence-electron chi connectivity index (χ4n) is 2.13. The van der Waals surface area contributed by atoms with E-state index in [2.05, 4.69) is 24.3 Å². The summed E-state index contributed by atoms with van der Waals surface area (Å²) in [6, 6.07) is 20.5. The van der Waals surface area contributed by atoms with Crippen molar-refractivity contribution in [3.05, 3.63) is 67.1 Å². The Morgan fingerprint density at radius 1 is 0.778 bits per heavy atom. The predicted octanol–water partition coefficient (Wildman–Crippen LogP) is 3.44. The highest BCUT2D eigenvalue weighted by Crippen LogP contribution is 2.29. The van der Waals surface area contributed by atoms with E-state index in [1.54, 1.807) is 6.39 Å². The van der Waals surface area contributed by atoms with Crippen LogP contribution < -0.4 is 4.57 Å². The highest BCUT2D eigenvalue weighted by atomic mass is 16.3. The van der Waals surface area contributed by atoms with Crippen molar-refractivity contribution in [3.8, 4) is 22.6 Å². The summed E-state index contributed by atoms with van der Waals surface area (Å²) in [4.78, 5) is 0. The number of rotatable bonds is 2. The number of hydrogen-bond acceptors (Lipinski definition) is 1. The van der Waals surface area contributed by atoms with Crippen LogP contribution in [0.3, 0.4) is 0 Å². The Labute approximate surface area is 106 Å². The number of aromatic nitrogens is 1. The van der Waals surface area contributed by atoms with Crippen LogP contribution in [0.25, 0.3) is 22.6 Å². The third-order valence-corrected chi connectivity index (χ3v) is 2.98. The van der Waals surface area contributed by atoms with Crippen molar-refractivity contribution in [2.75, 3.05) is 0 Å². The zero-order chi connectivity index (χ0) is 12.4. The van der Waals surface area contributed by atoms with Gasteiger partial charge in [-0.2, -0.15) is 4.57 Å². The zero-order valence-electron chi connectivity index (χ0n) is 10.2. The molecule has 3 rings (SSSR count). The van der Waals surface area contributed by atoms with Crippen LogP contribution in [0.5, 0.6) is 0 Å². The van der Waals surface area contributed by atoms with E-state index in [9.17, 15) is 0 Å². The van der Waals surface area contributed by atoms with Crippen molar-refractivity contribution >= 4 is 0 Å². The number of nitrogens with zero attached hydrogens (tertiary/aromatic N) is 1. The molecule has 0 spiro atoms. The molecule has 1 aromatic heterocycles. The number of benzene rings is 2. The van der Waals surface area contributed by atoms with Crippen LogP contribution in [0.1, 0.15) is 0 Å². The molecule has 0 saturated carbocycles. The molecule has 1 heterocycles. The molecule has 3 aromatic rings. The third kappa shape index (κ3) is 1.82. The third-order valence-electron chi connectivity index (χ3n) is 2.98. The molecule has 0 aliphatic heterocycles. The minimum Gasteiger partial charge on any atom is -0.403 e. The second kappa shape index (κ2) is 4.49. The normalized spacial score (nSPS) is 10.5. The highest BCUT2D eigenvalue weighted by molar-refractivity contribution is 5.74. The quantitative estimate of drug-likeness (QED) is 0.623. The molecule has 0 unspecified atom stereocenters. The van der Waals surface area contributed by atoms with Crippen molar-refractivity contribution in [3.63, 3.8) is 0 Å². The second-order valence-corrected chi connectivity index (χ2v) is 4.24. The first-order valence-electron chi connectivity index (χ1n) is 5.94. The molecular formula is C16H14NO+. The number of aryl methyl sites for hydroxylation is 1. The topological polar surface area (TPSA) is 17.0 Å². The van der Waals surface area contributed by atoms with E-state index in [0.29, 0.717) is 0 Å². The van der Waals surface area contributed by atoms with Crippen LogP contribution in [0.2, 0.25) is 0 Å². The minimum atomic E-state index is 0.907. The van der Waals surface area contributed by atoms with E-state index in [0.717, 1.165) is 22.6 Å². The molecule has 0 bridgehead atoms. The average molecular weight is 236 g/mol. The zero-order valence-corrected chi connectivity index (χ0v) is 10.2. The molecule has 0 atom stereocenters. The summed E-state index contributed by atoms with van der Waals surface area (Å²) < 4.78 is 7.71. The molecule has 0 N–H and O–H groups in total. The lowest BCUT2D eigenvalue weighted by Gasteiger charge is -1.98. The maximum atomic E-state index is 5.70. The Bertz CT molecular complexity index is 641. The summed E-state index contributed by atoms with van der Waals surface area (Å²) in [5.41, 5.74) is 3.35. The van der Waals surface area contributed by atoms with Gasteiger partial charge in [-0.1, -0.05) is 48.5 Å². The fraction of sp³-hybridized carbons (Fsp3) is 0.0625. The van der Waals surface area contributed by atoms with Gasteiger partial charge in [0.1, 0.15) is 7.05 Å². The van der Waals surface area contributed by atoms with Crippen molar-refractivity contribution in [1.82, 2.24) is 0 Å². The lowest BCUT2D eigenvalue weighted by atomic mass is 10.1. The summed E-state index contributed by atoms with van der Waals surface area (Å²) >= 11 is 0. The van der Waals surface area contributed by atoms with E-state index in [4.69, 9.17) is 4.42 Å². The summed E-state index contributed by atoms with van der Waals surface area (Å²) in [6.07, 6.45) is 1.74. The summed E-state index contributed by atoms with van der Waals surface area (Å²) in [5, 5.41) is 0. The van der Waals surface area contributed by atoms with E-state index in [-0.39, 0.29) is 0 Å². The van der Waals surface area contributed by atoms with Gasteiger partial charge in [0.25, 0.3) is 5.69 Å². The molecule has 18 heavy (non-hydrogen) atoms. The smallest absolute Gasteiger partial charge is 0.335 e. The summed E-state index contributed by atoms with van der Waals surface area (Å²) in [7, 11) is 2.00. The van der Waals surface area contributed by atoms with Gasteiger partial charge in [-0.15, -0.1) is 0 Å². The monoisotopic (exact) mass is 236 g/mol. The van der Waals surface area contributed by atoms with Crippen molar-refractivity contribution < 1.29 is 8.98 Å². The van der Waals surface area contributed by atoms with E-state index in [1.807, 2.05) is 48.0 Å². The van der Waals surface area contributed by atoms with Gasteiger partial charge < -0.3 is 4.42 Å². The van der Waals surface area contributed by atoms with Crippen LogP contribution in [-0.4, -0.2) is 0 Å². The first-order chi connectivity index (χ1) is 8.86. The maximum Gasteiger partial charge on any atom is 0.335 e. The van der Waals surface area contributed by atoms with Gasteiger partial charge in [-0.05, 0) is 12.1 Å². The Morgan fingerprint density at radius 3 is 1.94 bits per heavy atom. The molecule has 0 radical (unpaired) electrons. The summed E-state index contributed by atoms with van der Waals surface area (Å²) in [5.74, 6) is 0.907. The van der Waals surface area contributed by atoms with Gasteiger partial charge in [0.05, 0.1) is 5.56 Å². The Kier molecular flexibility index (Phi) is 2.69. The van der Waals surface area contributed by atoms with Crippen LogP contribution in [0.15, 0.2) is 71.5 Å². The van der Waals surface area contributed by atoms with E-state index >= 15 is 0 Å². The Morgan fingerprint density at radius 2 is 1.33 bits per heavy atom. The van der Waals surface area contributed by atoms with E-state index < -0.39 is 0 Å². The molecule has 0 aliphatic rings. The van der Waals surface area contributed by atoms with Crippen LogP contribution >= 0.6 is 0 Å². The number of hydrogen-bond donors (Lipinski definition) is 0. The molecule has 2 nitrogen and oxygen atoms in total. The molecule has 0 aliphatic carbocycles. The molecule has 0 fully saturated rings. The standard InChI is InChI=1S/C16H14NO/c1-17-12-18-16(14-10-6-3-7-11-14)15(17)13-8-4-2-5-9-13/h2-12H,1H3/q+1. The number of oxazole rings is 1. The fourth-order valence-corrected chi connectivity index (χ4v) is 2.13. The van der Waals surface area contributed by atoms with Gasteiger partial charge in [0.15, 0.2) is 0 Å². The molecular weight excluding hydrogens is 222 g/mol. The lowest BCUT2D eigenvalue weighted by Crippen LogP contribution is -2.27. The molecule has 0 saturated heterocycles. The van der Waals surface area contributed by atoms with Crippen molar-refractivity contribution in [2.24, 2.45) is 7.05 Å². The minimum absolute atomic E-state index is 0.907. The van der Waals surface area contributed by atoms with Crippen LogP contribution in [-0.2, 0) is 7.05 Å². The predicted molar refractivity (Wildman–Crippen MR) is 70.8 cm³/mol. The van der Waals surface area contributed by atoms with Crippen LogP contribution in [0, 0.1) is 0 Å². The van der Waals surface area contributed by atoms with Gasteiger partial charge in [0.2, 0.25) is 5.76 Å². The van der Waals surface area contributed by atoms with E-state index in [1.165, 1.54) is 0 Å². The van der Waals surface area contributed by atoms with Gasteiger partial charge in [-0.25, -0.2) is 0 Å². The summed E-state index contributed by atoms with van der Waals surface area (Å²) in [6.45, 7) is 0. The Balaban J connectivity index is 2.19. The van der Waals surface area contributed by atoms with Gasteiger partial charge >= 0.3 is 6.39 Å². The van der Waals surface area contributed by atoms with Crippen LogP contribution in [0.4, 0.5) is 0 Å². The Hall–Kier alpha value is -2.35. The van der Waals surface area contributed by atoms with Crippen molar-refractivity contribution in [1.29, 1.82) is 0 Å².